The van der Waals surface area contributed by atoms with Gasteiger partial charge in [-0.1, -0.05) is 51.9 Å². The van der Waals surface area contributed by atoms with Crippen LogP contribution in [0.3, 0.4) is 0 Å². The average molecular weight is 237 g/mol. The number of hydrogen-bond acceptors (Lipinski definition) is 1. The van der Waals surface area contributed by atoms with Gasteiger partial charge in [-0.3, -0.25) is 0 Å². The van der Waals surface area contributed by atoms with Crippen LogP contribution in [0.4, 0.5) is 0 Å². The Kier molecular flexibility index (Phi) is 5.34. The smallest absolute Gasteiger partial charge is 0.00672 e. The highest BCUT2D eigenvalue weighted by Crippen LogP contribution is 2.37. The Bertz CT molecular complexity index is 202. The highest BCUT2D eigenvalue weighted by molar-refractivity contribution is 4.82. The normalized spacial score (nSPS) is 31.4. The Balaban J connectivity index is 1.59. The molecule has 2 rings (SSSR count). The van der Waals surface area contributed by atoms with Crippen LogP contribution in [0.25, 0.3) is 0 Å². The fourth-order valence-electron chi connectivity index (χ4n) is 3.47. The lowest BCUT2D eigenvalue weighted by Gasteiger charge is -2.32. The Morgan fingerprint density at radius 2 is 1.53 bits per heavy atom. The molecule has 1 nitrogen and oxygen atoms in total. The summed E-state index contributed by atoms with van der Waals surface area (Å²) in [5.74, 6) is 2.94. The lowest BCUT2D eigenvalue weighted by atomic mass is 9.76. The lowest BCUT2D eigenvalue weighted by molar-refractivity contribution is 0.224. The van der Waals surface area contributed by atoms with E-state index in [9.17, 15) is 0 Å². The van der Waals surface area contributed by atoms with Crippen LogP contribution >= 0.6 is 0 Å². The minimum atomic E-state index is 0.516. The molecule has 2 saturated carbocycles. The van der Waals surface area contributed by atoms with Crippen LogP contribution in [0, 0.1) is 17.8 Å². The largest absolute Gasteiger partial charge is 0.327 e. The van der Waals surface area contributed by atoms with Crippen LogP contribution in [0.2, 0.25) is 0 Å². The Hall–Kier alpha value is -0.0400. The zero-order valence-corrected chi connectivity index (χ0v) is 11.7. The summed E-state index contributed by atoms with van der Waals surface area (Å²) >= 11 is 0. The molecule has 0 amide bonds. The second-order valence-electron chi connectivity index (χ2n) is 6.61. The molecule has 2 aliphatic rings. The van der Waals surface area contributed by atoms with Gasteiger partial charge in [-0.25, -0.2) is 0 Å². The molecule has 0 aromatic carbocycles. The lowest BCUT2D eigenvalue weighted by Crippen LogP contribution is -2.33. The standard InChI is InChI=1S/C16H31N/c1-2-3-4-13-7-10-15(11-8-13)16(17)12-9-14-5-6-14/h13-16H,2-12,17H2,1H3. The van der Waals surface area contributed by atoms with E-state index in [1.165, 1.54) is 70.6 Å². The second kappa shape index (κ2) is 6.78. The van der Waals surface area contributed by atoms with Crippen molar-refractivity contribution in [3.05, 3.63) is 0 Å². The molecule has 17 heavy (non-hydrogen) atoms. The van der Waals surface area contributed by atoms with Crippen molar-refractivity contribution in [1.29, 1.82) is 0 Å². The zero-order chi connectivity index (χ0) is 12.1. The van der Waals surface area contributed by atoms with Gasteiger partial charge in [-0.2, -0.15) is 0 Å². The average Bonchev–Trinajstić information content (AvgIpc) is 3.18. The summed E-state index contributed by atoms with van der Waals surface area (Å²) in [7, 11) is 0. The van der Waals surface area contributed by atoms with Crippen molar-refractivity contribution in [2.75, 3.05) is 0 Å². The molecule has 0 radical (unpaired) electrons. The predicted octanol–water partition coefficient (Wildman–Crippen LogP) is 4.50. The first-order valence-electron chi connectivity index (χ1n) is 8.05. The van der Waals surface area contributed by atoms with E-state index >= 15 is 0 Å². The third kappa shape index (κ3) is 4.62. The van der Waals surface area contributed by atoms with E-state index in [1.807, 2.05) is 0 Å². The summed E-state index contributed by atoms with van der Waals surface area (Å²) in [5, 5.41) is 0. The van der Waals surface area contributed by atoms with Crippen LogP contribution in [0.1, 0.15) is 77.6 Å². The van der Waals surface area contributed by atoms with Crippen molar-refractivity contribution in [1.82, 2.24) is 0 Å². The van der Waals surface area contributed by atoms with Crippen LogP contribution < -0.4 is 5.73 Å². The van der Waals surface area contributed by atoms with E-state index in [-0.39, 0.29) is 0 Å². The predicted molar refractivity (Wildman–Crippen MR) is 74.9 cm³/mol. The highest BCUT2D eigenvalue weighted by atomic mass is 14.7. The minimum absolute atomic E-state index is 0.516. The molecule has 0 spiro atoms. The van der Waals surface area contributed by atoms with Gasteiger partial charge in [0.2, 0.25) is 0 Å². The zero-order valence-electron chi connectivity index (χ0n) is 11.7. The van der Waals surface area contributed by atoms with Crippen molar-refractivity contribution in [2.45, 2.75) is 83.6 Å². The number of unbranched alkanes of at least 4 members (excludes halogenated alkanes) is 1. The van der Waals surface area contributed by atoms with E-state index in [4.69, 9.17) is 5.73 Å². The van der Waals surface area contributed by atoms with Crippen molar-refractivity contribution in [2.24, 2.45) is 23.5 Å². The van der Waals surface area contributed by atoms with Crippen molar-refractivity contribution in [3.63, 3.8) is 0 Å². The van der Waals surface area contributed by atoms with Gasteiger partial charge in [-0.15, -0.1) is 0 Å². The molecule has 2 fully saturated rings. The highest BCUT2D eigenvalue weighted by Gasteiger charge is 2.27. The van der Waals surface area contributed by atoms with E-state index in [2.05, 4.69) is 6.92 Å². The second-order valence-corrected chi connectivity index (χ2v) is 6.61. The fraction of sp³-hybridized carbons (Fsp3) is 1.00. The molecule has 0 bridgehead atoms. The third-order valence-corrected chi connectivity index (χ3v) is 5.07. The number of hydrogen-bond donors (Lipinski definition) is 1. The SMILES string of the molecule is CCCCC1CCC(C(N)CCC2CC2)CC1. The Labute approximate surface area is 108 Å². The summed E-state index contributed by atoms with van der Waals surface area (Å²) in [5.41, 5.74) is 6.37. The molecule has 0 aromatic rings. The van der Waals surface area contributed by atoms with Gasteiger partial charge in [0.15, 0.2) is 0 Å². The molecule has 2 N–H and O–H groups in total. The topological polar surface area (TPSA) is 26.0 Å². The van der Waals surface area contributed by atoms with Crippen LogP contribution in [-0.4, -0.2) is 6.04 Å². The first-order valence-corrected chi connectivity index (χ1v) is 8.05. The van der Waals surface area contributed by atoms with Crippen molar-refractivity contribution in [3.8, 4) is 0 Å². The van der Waals surface area contributed by atoms with Crippen molar-refractivity contribution >= 4 is 0 Å². The molecular weight excluding hydrogens is 206 g/mol. The summed E-state index contributed by atoms with van der Waals surface area (Å²) < 4.78 is 0. The maximum absolute atomic E-state index is 6.37. The van der Waals surface area contributed by atoms with Gasteiger partial charge in [0.05, 0.1) is 0 Å². The third-order valence-electron chi connectivity index (χ3n) is 5.07. The summed E-state index contributed by atoms with van der Waals surface area (Å²) in [4.78, 5) is 0. The van der Waals surface area contributed by atoms with Gasteiger partial charge in [0, 0.05) is 6.04 Å². The summed E-state index contributed by atoms with van der Waals surface area (Å²) in [6.07, 6.45) is 15.7. The molecule has 0 heterocycles. The molecular formula is C16H31N. The van der Waals surface area contributed by atoms with E-state index < -0.39 is 0 Å². The van der Waals surface area contributed by atoms with Gasteiger partial charge in [-0.05, 0) is 43.4 Å². The van der Waals surface area contributed by atoms with Gasteiger partial charge < -0.3 is 5.73 Å². The van der Waals surface area contributed by atoms with Crippen molar-refractivity contribution < 1.29 is 0 Å². The maximum Gasteiger partial charge on any atom is 0.00672 e. The molecule has 100 valence electrons. The molecule has 1 heteroatoms. The molecule has 1 unspecified atom stereocenters. The van der Waals surface area contributed by atoms with Crippen LogP contribution in [0.15, 0.2) is 0 Å². The van der Waals surface area contributed by atoms with Gasteiger partial charge in [0.1, 0.15) is 0 Å². The quantitative estimate of drug-likeness (QED) is 0.693. The summed E-state index contributed by atoms with van der Waals surface area (Å²) in [6.45, 7) is 2.30. The van der Waals surface area contributed by atoms with Gasteiger partial charge in [0.25, 0.3) is 0 Å². The first kappa shape index (κ1) is 13.4. The molecule has 1 atom stereocenters. The Morgan fingerprint density at radius 3 is 2.12 bits per heavy atom. The molecule has 0 saturated heterocycles. The monoisotopic (exact) mass is 237 g/mol. The maximum atomic E-state index is 6.37. The summed E-state index contributed by atoms with van der Waals surface area (Å²) in [6, 6.07) is 0.516. The van der Waals surface area contributed by atoms with Gasteiger partial charge >= 0.3 is 0 Å². The van der Waals surface area contributed by atoms with E-state index in [0.717, 1.165) is 17.8 Å². The van der Waals surface area contributed by atoms with E-state index in [1.54, 1.807) is 0 Å². The number of nitrogens with two attached hydrogens (primary N) is 1. The molecule has 0 aromatic heterocycles. The fourth-order valence-corrected chi connectivity index (χ4v) is 3.47. The molecule has 0 aliphatic heterocycles. The van der Waals surface area contributed by atoms with Crippen LogP contribution in [0.5, 0.6) is 0 Å². The number of rotatable bonds is 7. The Morgan fingerprint density at radius 1 is 0.941 bits per heavy atom. The first-order chi connectivity index (χ1) is 8.29. The van der Waals surface area contributed by atoms with E-state index in [0.29, 0.717) is 6.04 Å². The minimum Gasteiger partial charge on any atom is -0.327 e. The molecule has 2 aliphatic carbocycles. The van der Waals surface area contributed by atoms with Crippen LogP contribution in [-0.2, 0) is 0 Å².